The molecule has 0 aliphatic carbocycles. The Morgan fingerprint density at radius 1 is 0.941 bits per heavy atom. The smallest absolute Gasteiger partial charge is 0.278 e. The van der Waals surface area contributed by atoms with Gasteiger partial charge in [-0.15, -0.1) is 0 Å². The average Bonchev–Trinajstić information content (AvgIpc) is 2.85. The van der Waals surface area contributed by atoms with Crippen LogP contribution in [0.3, 0.4) is 0 Å². The summed E-state index contributed by atoms with van der Waals surface area (Å²) < 4.78 is 1.42. The second kappa shape index (κ2) is 9.89. The maximum Gasteiger partial charge on any atom is 0.278 e. The van der Waals surface area contributed by atoms with Gasteiger partial charge < -0.3 is 10.6 Å². The zero-order valence-electron chi connectivity index (χ0n) is 18.7. The Labute approximate surface area is 201 Å². The minimum absolute atomic E-state index is 0.142. The van der Waals surface area contributed by atoms with Crippen molar-refractivity contribution in [3.05, 3.63) is 88.2 Å². The van der Waals surface area contributed by atoms with Crippen LogP contribution in [-0.4, -0.2) is 21.4 Å². The van der Waals surface area contributed by atoms with Crippen LogP contribution in [0.4, 0.5) is 11.4 Å². The van der Waals surface area contributed by atoms with Gasteiger partial charge in [0.2, 0.25) is 11.8 Å². The Morgan fingerprint density at radius 3 is 2.32 bits per heavy atom. The zero-order chi connectivity index (χ0) is 24.2. The van der Waals surface area contributed by atoms with E-state index in [9.17, 15) is 14.4 Å². The van der Waals surface area contributed by atoms with Crippen molar-refractivity contribution in [2.45, 2.75) is 26.3 Å². The number of hydrogen-bond donors (Lipinski definition) is 2. The van der Waals surface area contributed by atoms with Gasteiger partial charge in [0, 0.05) is 12.0 Å². The average molecular weight is 475 g/mol. The monoisotopic (exact) mass is 474 g/mol. The van der Waals surface area contributed by atoms with Crippen LogP contribution in [0, 0.1) is 0 Å². The van der Waals surface area contributed by atoms with E-state index in [0.717, 1.165) is 0 Å². The number of hydrogen-bond acceptors (Lipinski definition) is 4. The summed E-state index contributed by atoms with van der Waals surface area (Å²) >= 11 is 6.19. The van der Waals surface area contributed by atoms with Crippen molar-refractivity contribution >= 4 is 45.8 Å². The predicted octanol–water partition coefficient (Wildman–Crippen LogP) is 5.27. The highest BCUT2D eigenvalue weighted by Gasteiger charge is 2.23. The molecule has 4 aromatic rings. The molecule has 0 spiro atoms. The number of nitrogens with zero attached hydrogens (tertiary/aromatic N) is 2. The summed E-state index contributed by atoms with van der Waals surface area (Å²) in [5, 5.41) is 6.02. The second-order valence-electron chi connectivity index (χ2n) is 7.72. The van der Waals surface area contributed by atoms with Crippen molar-refractivity contribution in [1.29, 1.82) is 0 Å². The lowest BCUT2D eigenvalue weighted by atomic mass is 10.1. The second-order valence-corrected chi connectivity index (χ2v) is 8.12. The van der Waals surface area contributed by atoms with Crippen LogP contribution < -0.4 is 16.2 Å². The molecule has 0 radical (unpaired) electrons. The molecule has 0 aliphatic heterocycles. The number of nitrogens with one attached hydrogen (secondary N) is 2. The summed E-state index contributed by atoms with van der Waals surface area (Å²) in [6.45, 7) is 3.40. The van der Waals surface area contributed by atoms with E-state index in [1.54, 1.807) is 80.6 Å². The molecule has 0 unspecified atom stereocenters. The molecule has 0 saturated carbocycles. The Balaban J connectivity index is 1.85. The summed E-state index contributed by atoms with van der Waals surface area (Å²) in [4.78, 5) is 43.5. The van der Waals surface area contributed by atoms with Gasteiger partial charge in [0.1, 0.15) is 11.7 Å². The summed E-state index contributed by atoms with van der Waals surface area (Å²) in [5.74, 6) is -0.578. The van der Waals surface area contributed by atoms with Crippen LogP contribution in [0.2, 0.25) is 5.02 Å². The van der Waals surface area contributed by atoms with Crippen molar-refractivity contribution in [2.75, 3.05) is 10.6 Å². The van der Waals surface area contributed by atoms with Gasteiger partial charge in [0.15, 0.2) is 0 Å². The molecule has 1 aromatic heterocycles. The number of halogens is 1. The lowest BCUT2D eigenvalue weighted by Gasteiger charge is -2.20. The third-order valence-electron chi connectivity index (χ3n) is 5.47. The van der Waals surface area contributed by atoms with Crippen LogP contribution >= 0.6 is 11.6 Å². The molecular weight excluding hydrogens is 452 g/mol. The number of benzene rings is 3. The Hall–Kier alpha value is -3.97. The minimum atomic E-state index is -0.868. The number of anilines is 2. The van der Waals surface area contributed by atoms with E-state index >= 15 is 0 Å². The molecule has 0 fully saturated rings. The van der Waals surface area contributed by atoms with Gasteiger partial charge in [-0.3, -0.25) is 19.0 Å². The highest BCUT2D eigenvalue weighted by Crippen LogP contribution is 2.27. The summed E-state index contributed by atoms with van der Waals surface area (Å²) in [7, 11) is 0. The van der Waals surface area contributed by atoms with Gasteiger partial charge in [0.25, 0.3) is 5.56 Å². The maximum atomic E-state index is 13.7. The van der Waals surface area contributed by atoms with Crippen LogP contribution in [0.5, 0.6) is 0 Å². The van der Waals surface area contributed by atoms with E-state index in [1.807, 2.05) is 6.07 Å². The zero-order valence-corrected chi connectivity index (χ0v) is 19.5. The largest absolute Gasteiger partial charge is 0.325 e. The first-order valence-electron chi connectivity index (χ1n) is 10.9. The third kappa shape index (κ3) is 4.56. The molecule has 0 bridgehead atoms. The van der Waals surface area contributed by atoms with Gasteiger partial charge in [-0.2, -0.15) is 0 Å². The number of carbonyl (C=O) groups excluding carboxylic acids is 2. The normalized spacial score (nSPS) is 11.7. The molecule has 0 saturated heterocycles. The SMILES string of the molecule is CCC(=O)Nc1ccccc1-c1nc2ccccc2n([C@@H](C)C(=O)Nc2ccccc2Cl)c1=O. The lowest BCUT2D eigenvalue weighted by Crippen LogP contribution is -2.33. The molecule has 34 heavy (non-hydrogen) atoms. The first kappa shape index (κ1) is 23.2. The van der Waals surface area contributed by atoms with Gasteiger partial charge in [-0.1, -0.05) is 61.0 Å². The molecule has 1 heterocycles. The van der Waals surface area contributed by atoms with Gasteiger partial charge in [-0.25, -0.2) is 4.98 Å². The van der Waals surface area contributed by atoms with Crippen LogP contribution in [0.25, 0.3) is 22.3 Å². The predicted molar refractivity (Wildman–Crippen MR) is 135 cm³/mol. The van der Waals surface area contributed by atoms with E-state index in [-0.39, 0.29) is 11.6 Å². The molecule has 3 aromatic carbocycles. The molecule has 0 aliphatic rings. The molecule has 1 atom stereocenters. The minimum Gasteiger partial charge on any atom is -0.325 e. The first-order valence-corrected chi connectivity index (χ1v) is 11.2. The molecule has 8 heteroatoms. The summed E-state index contributed by atoms with van der Waals surface area (Å²) in [5.41, 5.74) is 2.18. The quantitative estimate of drug-likeness (QED) is 0.398. The molecule has 172 valence electrons. The summed E-state index contributed by atoms with van der Waals surface area (Å²) in [6.07, 6.45) is 0.295. The first-order chi connectivity index (χ1) is 16.4. The number of para-hydroxylation sites is 4. The van der Waals surface area contributed by atoms with Crippen molar-refractivity contribution in [2.24, 2.45) is 0 Å². The Kier molecular flexibility index (Phi) is 6.75. The Morgan fingerprint density at radius 2 is 1.59 bits per heavy atom. The maximum absolute atomic E-state index is 13.7. The lowest BCUT2D eigenvalue weighted by molar-refractivity contribution is -0.119. The number of aromatic nitrogens is 2. The fourth-order valence-electron chi connectivity index (χ4n) is 3.67. The molecule has 2 N–H and O–H groups in total. The van der Waals surface area contributed by atoms with Crippen molar-refractivity contribution in [3.63, 3.8) is 0 Å². The molecule has 7 nitrogen and oxygen atoms in total. The number of amides is 2. The van der Waals surface area contributed by atoms with Gasteiger partial charge in [-0.05, 0) is 37.3 Å². The topological polar surface area (TPSA) is 93.1 Å². The Bertz CT molecular complexity index is 1450. The van der Waals surface area contributed by atoms with Crippen LogP contribution in [0.15, 0.2) is 77.6 Å². The van der Waals surface area contributed by atoms with E-state index in [1.165, 1.54) is 4.57 Å². The van der Waals surface area contributed by atoms with E-state index < -0.39 is 17.5 Å². The number of carbonyl (C=O) groups is 2. The van der Waals surface area contributed by atoms with E-state index in [4.69, 9.17) is 11.6 Å². The molecule has 4 rings (SSSR count). The molecule has 2 amide bonds. The number of rotatable bonds is 6. The van der Waals surface area contributed by atoms with Crippen LogP contribution in [0.1, 0.15) is 26.3 Å². The highest BCUT2D eigenvalue weighted by atomic mass is 35.5. The van der Waals surface area contributed by atoms with Gasteiger partial charge in [0.05, 0.1) is 27.4 Å². The van der Waals surface area contributed by atoms with Crippen LogP contribution in [-0.2, 0) is 9.59 Å². The van der Waals surface area contributed by atoms with Crippen molar-refractivity contribution in [3.8, 4) is 11.3 Å². The summed E-state index contributed by atoms with van der Waals surface area (Å²) in [6, 6.07) is 20.1. The molecular formula is C26H23ClN4O3. The van der Waals surface area contributed by atoms with Gasteiger partial charge >= 0.3 is 0 Å². The fourth-order valence-corrected chi connectivity index (χ4v) is 3.85. The third-order valence-corrected chi connectivity index (χ3v) is 5.80. The standard InChI is InChI=1S/C26H23ClN4O3/c1-3-23(32)28-19-12-6-4-10-17(19)24-26(34)31(22-15-9-8-14-21(22)29-24)16(2)25(33)30-20-13-7-5-11-18(20)27/h4-16H,3H2,1-2H3,(H,28,32)(H,30,33)/t16-/m0/s1. The van der Waals surface area contributed by atoms with Crippen molar-refractivity contribution < 1.29 is 9.59 Å². The van der Waals surface area contributed by atoms with E-state index in [2.05, 4.69) is 15.6 Å². The highest BCUT2D eigenvalue weighted by molar-refractivity contribution is 6.33. The van der Waals surface area contributed by atoms with Crippen molar-refractivity contribution in [1.82, 2.24) is 9.55 Å². The fraction of sp³-hybridized carbons (Fsp3) is 0.154. The van der Waals surface area contributed by atoms with E-state index in [0.29, 0.717) is 39.4 Å². The number of fused-ring (bicyclic) bond motifs is 1.